The molecule has 2 N–H and O–H groups in total. The molecular formula is C19H22BrN3O2. The highest BCUT2D eigenvalue weighted by Gasteiger charge is 2.10. The van der Waals surface area contributed by atoms with Crippen LogP contribution >= 0.6 is 15.9 Å². The molecule has 0 spiro atoms. The molecule has 0 fully saturated rings. The summed E-state index contributed by atoms with van der Waals surface area (Å²) < 4.78 is 12.0. The number of halogens is 1. The molecule has 0 atom stereocenters. The van der Waals surface area contributed by atoms with Crippen LogP contribution in [-0.2, 0) is 13.0 Å². The van der Waals surface area contributed by atoms with E-state index in [2.05, 4.69) is 31.2 Å². The van der Waals surface area contributed by atoms with Crippen molar-refractivity contribution in [3.8, 4) is 11.5 Å². The van der Waals surface area contributed by atoms with Gasteiger partial charge in [0.1, 0.15) is 5.82 Å². The normalized spacial score (nSPS) is 11.0. The highest BCUT2D eigenvalue weighted by molar-refractivity contribution is 9.10. The number of rotatable bonds is 8. The third-order valence-corrected chi connectivity index (χ3v) is 4.66. The molecule has 0 aliphatic carbocycles. The van der Waals surface area contributed by atoms with Gasteiger partial charge >= 0.3 is 0 Å². The number of aromatic nitrogens is 2. The van der Waals surface area contributed by atoms with E-state index in [9.17, 15) is 0 Å². The number of aromatic amines is 1. The predicted octanol–water partition coefficient (Wildman–Crippen LogP) is 4.07. The molecule has 0 aliphatic rings. The smallest absolute Gasteiger partial charge is 0.161 e. The number of fused-ring (bicyclic) bond motifs is 1. The Morgan fingerprint density at radius 2 is 2.04 bits per heavy atom. The van der Waals surface area contributed by atoms with Gasteiger partial charge in [0.25, 0.3) is 0 Å². The molecule has 0 amide bonds. The zero-order valence-electron chi connectivity index (χ0n) is 14.4. The van der Waals surface area contributed by atoms with Crippen molar-refractivity contribution < 1.29 is 9.47 Å². The van der Waals surface area contributed by atoms with E-state index in [4.69, 9.17) is 9.47 Å². The van der Waals surface area contributed by atoms with Crippen molar-refractivity contribution in [2.45, 2.75) is 19.9 Å². The van der Waals surface area contributed by atoms with Gasteiger partial charge in [-0.15, -0.1) is 0 Å². The summed E-state index contributed by atoms with van der Waals surface area (Å²) in [7, 11) is 1.65. The molecule has 6 heteroatoms. The van der Waals surface area contributed by atoms with Crippen LogP contribution in [0, 0.1) is 0 Å². The number of imidazole rings is 1. The topological polar surface area (TPSA) is 59.2 Å². The number of methoxy groups -OCH3 is 1. The first-order valence-corrected chi connectivity index (χ1v) is 9.14. The van der Waals surface area contributed by atoms with Crippen molar-refractivity contribution in [1.82, 2.24) is 15.3 Å². The van der Waals surface area contributed by atoms with Crippen LogP contribution in [0.25, 0.3) is 11.0 Å². The maximum absolute atomic E-state index is 5.64. The van der Waals surface area contributed by atoms with Gasteiger partial charge in [0.15, 0.2) is 11.5 Å². The average Bonchev–Trinajstić information content (AvgIpc) is 3.03. The Morgan fingerprint density at radius 1 is 1.20 bits per heavy atom. The summed E-state index contributed by atoms with van der Waals surface area (Å²) in [6.45, 7) is 4.15. The van der Waals surface area contributed by atoms with Crippen molar-refractivity contribution in [3.05, 3.63) is 52.3 Å². The summed E-state index contributed by atoms with van der Waals surface area (Å²) >= 11 is 3.60. The minimum atomic E-state index is 0.608. The number of para-hydroxylation sites is 2. The minimum Gasteiger partial charge on any atom is -0.493 e. The summed E-state index contributed by atoms with van der Waals surface area (Å²) in [5, 5.41) is 3.46. The number of H-pyrrole nitrogens is 1. The Hall–Kier alpha value is -2.05. The molecule has 0 unspecified atom stereocenters. The zero-order chi connectivity index (χ0) is 17.6. The monoisotopic (exact) mass is 403 g/mol. The van der Waals surface area contributed by atoms with Crippen LogP contribution in [0.4, 0.5) is 0 Å². The molecule has 0 aliphatic heterocycles. The number of benzene rings is 2. The second kappa shape index (κ2) is 8.36. The highest BCUT2D eigenvalue weighted by Crippen LogP contribution is 2.33. The van der Waals surface area contributed by atoms with E-state index in [0.717, 1.165) is 57.9 Å². The van der Waals surface area contributed by atoms with Crippen molar-refractivity contribution in [2.24, 2.45) is 0 Å². The maximum Gasteiger partial charge on any atom is 0.161 e. The van der Waals surface area contributed by atoms with E-state index in [1.165, 1.54) is 0 Å². The number of hydrogen-bond donors (Lipinski definition) is 2. The molecular weight excluding hydrogens is 382 g/mol. The molecule has 5 nitrogen and oxygen atoms in total. The summed E-state index contributed by atoms with van der Waals surface area (Å²) in [4.78, 5) is 7.94. The zero-order valence-corrected chi connectivity index (χ0v) is 16.0. The fourth-order valence-electron chi connectivity index (χ4n) is 2.69. The Labute approximate surface area is 155 Å². The largest absolute Gasteiger partial charge is 0.493 e. The fourth-order valence-corrected chi connectivity index (χ4v) is 3.16. The van der Waals surface area contributed by atoms with Crippen molar-refractivity contribution in [1.29, 1.82) is 0 Å². The van der Waals surface area contributed by atoms with Crippen LogP contribution in [0.2, 0.25) is 0 Å². The van der Waals surface area contributed by atoms with Crippen LogP contribution < -0.4 is 14.8 Å². The third-order valence-electron chi connectivity index (χ3n) is 3.92. The predicted molar refractivity (Wildman–Crippen MR) is 103 cm³/mol. The number of ether oxygens (including phenoxy) is 2. The van der Waals surface area contributed by atoms with Crippen LogP contribution in [0.1, 0.15) is 18.3 Å². The van der Waals surface area contributed by atoms with E-state index in [1.807, 2.05) is 43.3 Å². The van der Waals surface area contributed by atoms with Gasteiger partial charge in [-0.3, -0.25) is 0 Å². The maximum atomic E-state index is 5.64. The molecule has 1 aromatic heterocycles. The Kier molecular flexibility index (Phi) is 5.94. The standard InChI is InChI=1S/C19H22BrN3O2/c1-3-25-18-10-13(14(20)11-17(18)24-2)12-21-9-8-19-22-15-6-4-5-7-16(15)23-19/h4-7,10-11,21H,3,8-9,12H2,1-2H3,(H,22,23). The molecule has 1 heterocycles. The quantitative estimate of drug-likeness (QED) is 0.556. The SMILES string of the molecule is CCOc1cc(CNCCc2nc3ccccc3[nH]2)c(Br)cc1OC. The Balaban J connectivity index is 1.58. The summed E-state index contributed by atoms with van der Waals surface area (Å²) in [5.74, 6) is 2.50. The molecule has 132 valence electrons. The van der Waals surface area contributed by atoms with E-state index in [0.29, 0.717) is 6.61 Å². The second-order valence-electron chi connectivity index (χ2n) is 5.65. The Bertz CT molecular complexity index is 815. The van der Waals surface area contributed by atoms with Crippen LogP contribution in [0.15, 0.2) is 40.9 Å². The highest BCUT2D eigenvalue weighted by atomic mass is 79.9. The van der Waals surface area contributed by atoms with E-state index in [1.54, 1.807) is 7.11 Å². The van der Waals surface area contributed by atoms with E-state index >= 15 is 0 Å². The van der Waals surface area contributed by atoms with Gasteiger partial charge in [-0.05, 0) is 36.8 Å². The average molecular weight is 404 g/mol. The molecule has 2 aromatic carbocycles. The van der Waals surface area contributed by atoms with Crippen molar-refractivity contribution >= 4 is 27.0 Å². The summed E-state index contributed by atoms with van der Waals surface area (Å²) in [6.07, 6.45) is 0.848. The van der Waals surface area contributed by atoms with Gasteiger partial charge in [-0.2, -0.15) is 0 Å². The third kappa shape index (κ3) is 4.32. The summed E-state index contributed by atoms with van der Waals surface area (Å²) in [6, 6.07) is 12.0. The van der Waals surface area contributed by atoms with Crippen LogP contribution in [0.5, 0.6) is 11.5 Å². The van der Waals surface area contributed by atoms with Gasteiger partial charge in [0, 0.05) is 24.0 Å². The van der Waals surface area contributed by atoms with E-state index in [-0.39, 0.29) is 0 Å². The molecule has 25 heavy (non-hydrogen) atoms. The molecule has 0 radical (unpaired) electrons. The second-order valence-corrected chi connectivity index (χ2v) is 6.51. The Morgan fingerprint density at radius 3 is 2.80 bits per heavy atom. The first kappa shape index (κ1) is 17.8. The van der Waals surface area contributed by atoms with E-state index < -0.39 is 0 Å². The summed E-state index contributed by atoms with van der Waals surface area (Å²) in [5.41, 5.74) is 3.22. The lowest BCUT2D eigenvalue weighted by atomic mass is 10.2. The van der Waals surface area contributed by atoms with Gasteiger partial charge in [0.05, 0.1) is 24.8 Å². The van der Waals surface area contributed by atoms with Gasteiger partial charge in [-0.1, -0.05) is 28.1 Å². The first-order chi connectivity index (χ1) is 12.2. The van der Waals surface area contributed by atoms with Gasteiger partial charge in [-0.25, -0.2) is 4.98 Å². The number of nitrogens with zero attached hydrogens (tertiary/aromatic N) is 1. The molecule has 3 aromatic rings. The van der Waals surface area contributed by atoms with Gasteiger partial charge < -0.3 is 19.8 Å². The lowest BCUT2D eigenvalue weighted by Crippen LogP contribution is -2.17. The first-order valence-electron chi connectivity index (χ1n) is 8.34. The molecule has 0 saturated heterocycles. The number of nitrogens with one attached hydrogen (secondary N) is 2. The van der Waals surface area contributed by atoms with Crippen LogP contribution in [-0.4, -0.2) is 30.2 Å². The lowest BCUT2D eigenvalue weighted by molar-refractivity contribution is 0.310. The fraction of sp³-hybridized carbons (Fsp3) is 0.316. The van der Waals surface area contributed by atoms with Gasteiger partial charge in [0.2, 0.25) is 0 Å². The number of hydrogen-bond acceptors (Lipinski definition) is 4. The molecule has 0 bridgehead atoms. The minimum absolute atomic E-state index is 0.608. The molecule has 3 rings (SSSR count). The van der Waals surface area contributed by atoms with Crippen LogP contribution in [0.3, 0.4) is 0 Å². The lowest BCUT2D eigenvalue weighted by Gasteiger charge is -2.13. The molecule has 0 saturated carbocycles. The van der Waals surface area contributed by atoms with Crippen molar-refractivity contribution in [3.63, 3.8) is 0 Å². The van der Waals surface area contributed by atoms with Crippen molar-refractivity contribution in [2.75, 3.05) is 20.3 Å².